The molecule has 0 radical (unpaired) electrons. The van der Waals surface area contributed by atoms with Gasteiger partial charge in [0.1, 0.15) is 5.75 Å². The molecule has 1 N–H and O–H groups in total. The minimum Gasteiger partial charge on any atom is -0.484 e. The summed E-state index contributed by atoms with van der Waals surface area (Å²) in [5.74, 6) is -0.177. The van der Waals surface area contributed by atoms with Crippen LogP contribution >= 0.6 is 0 Å². The summed E-state index contributed by atoms with van der Waals surface area (Å²) in [5, 5.41) is 2.64. The van der Waals surface area contributed by atoms with E-state index in [0.717, 1.165) is 6.42 Å². The Hall–Kier alpha value is -2.54. The molecular formula is C20H22F3NO3. The number of amides is 1. The van der Waals surface area contributed by atoms with E-state index < -0.39 is 12.8 Å². The second-order valence-corrected chi connectivity index (χ2v) is 5.93. The fraction of sp³-hybridized carbons (Fsp3) is 0.350. The maximum atomic E-state index is 12.2. The molecule has 4 nitrogen and oxygen atoms in total. The number of alkyl halides is 3. The van der Waals surface area contributed by atoms with E-state index in [0.29, 0.717) is 25.3 Å². The van der Waals surface area contributed by atoms with Crippen molar-refractivity contribution in [3.05, 3.63) is 60.2 Å². The predicted octanol–water partition coefficient (Wildman–Crippen LogP) is 4.61. The molecular weight excluding hydrogens is 359 g/mol. The van der Waals surface area contributed by atoms with E-state index in [1.165, 1.54) is 23.8 Å². The Labute approximate surface area is 156 Å². The molecule has 0 spiro atoms. The average Bonchev–Trinajstić information content (AvgIpc) is 2.63. The Kier molecular flexibility index (Phi) is 8.13. The van der Waals surface area contributed by atoms with Crippen LogP contribution in [0, 0.1) is 0 Å². The summed E-state index contributed by atoms with van der Waals surface area (Å²) in [4.78, 5) is 11.9. The summed E-state index contributed by atoms with van der Waals surface area (Å²) in [6.07, 6.45) is -2.76. The number of nitrogens with one attached hydrogen (secondary N) is 1. The quantitative estimate of drug-likeness (QED) is 0.612. The van der Waals surface area contributed by atoms with Crippen LogP contribution in [-0.2, 0) is 16.0 Å². The van der Waals surface area contributed by atoms with E-state index >= 15 is 0 Å². The second-order valence-electron chi connectivity index (χ2n) is 5.93. The van der Waals surface area contributed by atoms with Crippen molar-refractivity contribution in [2.24, 2.45) is 0 Å². The monoisotopic (exact) mass is 381 g/mol. The molecule has 0 fully saturated rings. The molecule has 0 saturated carbocycles. The van der Waals surface area contributed by atoms with Crippen molar-refractivity contribution in [1.82, 2.24) is 0 Å². The van der Waals surface area contributed by atoms with Crippen LogP contribution in [0.25, 0.3) is 0 Å². The van der Waals surface area contributed by atoms with Gasteiger partial charge in [0.05, 0.1) is 6.61 Å². The molecule has 0 saturated heterocycles. The maximum Gasteiger partial charge on any atom is 0.422 e. The first-order valence-electron chi connectivity index (χ1n) is 8.63. The van der Waals surface area contributed by atoms with Gasteiger partial charge in [0, 0.05) is 24.8 Å². The Bertz CT molecular complexity index is 705. The fourth-order valence-corrected chi connectivity index (χ4v) is 2.32. The van der Waals surface area contributed by atoms with Crippen molar-refractivity contribution in [2.75, 3.05) is 25.1 Å². The van der Waals surface area contributed by atoms with Gasteiger partial charge in [0.25, 0.3) is 0 Å². The predicted molar refractivity (Wildman–Crippen MR) is 96.8 cm³/mol. The lowest BCUT2D eigenvalue weighted by molar-refractivity contribution is -0.153. The van der Waals surface area contributed by atoms with Gasteiger partial charge in [-0.1, -0.05) is 36.4 Å². The number of ether oxygens (including phenoxy) is 2. The molecule has 0 aliphatic heterocycles. The summed E-state index contributed by atoms with van der Waals surface area (Å²) in [6.45, 7) is -0.316. The molecule has 0 aromatic heterocycles. The summed E-state index contributed by atoms with van der Waals surface area (Å²) < 4.78 is 46.7. The van der Waals surface area contributed by atoms with E-state index in [1.54, 1.807) is 6.07 Å². The third kappa shape index (κ3) is 9.10. The zero-order valence-electron chi connectivity index (χ0n) is 14.8. The van der Waals surface area contributed by atoms with Gasteiger partial charge in [0.2, 0.25) is 5.91 Å². The molecule has 0 bridgehead atoms. The molecule has 1 amide bonds. The van der Waals surface area contributed by atoms with Gasteiger partial charge in [-0.15, -0.1) is 0 Å². The number of rotatable bonds is 10. The minimum absolute atomic E-state index is 0.0503. The molecule has 2 aromatic carbocycles. The van der Waals surface area contributed by atoms with Gasteiger partial charge in [-0.2, -0.15) is 13.2 Å². The van der Waals surface area contributed by atoms with E-state index in [4.69, 9.17) is 4.74 Å². The lowest BCUT2D eigenvalue weighted by Gasteiger charge is -2.11. The number of anilines is 1. The zero-order valence-corrected chi connectivity index (χ0v) is 14.8. The summed E-state index contributed by atoms with van der Waals surface area (Å²) in [6, 6.07) is 15.9. The Morgan fingerprint density at radius 1 is 1.00 bits per heavy atom. The second kappa shape index (κ2) is 10.6. The standard InChI is InChI=1S/C20H22F3NO3/c21-20(22,23)15-27-18-9-4-8-17(14-18)24-19(25)10-5-12-26-13-11-16-6-2-1-3-7-16/h1-4,6-9,14H,5,10-13,15H2,(H,24,25). The van der Waals surface area contributed by atoms with Crippen LogP contribution in [-0.4, -0.2) is 31.9 Å². The molecule has 0 aliphatic rings. The normalized spacial score (nSPS) is 11.2. The van der Waals surface area contributed by atoms with Crippen LogP contribution in [0.3, 0.4) is 0 Å². The largest absolute Gasteiger partial charge is 0.484 e. The molecule has 146 valence electrons. The summed E-state index contributed by atoms with van der Waals surface area (Å²) >= 11 is 0. The smallest absolute Gasteiger partial charge is 0.422 e. The van der Waals surface area contributed by atoms with Gasteiger partial charge in [0.15, 0.2) is 6.61 Å². The van der Waals surface area contributed by atoms with E-state index in [-0.39, 0.29) is 18.1 Å². The highest BCUT2D eigenvalue weighted by Crippen LogP contribution is 2.21. The Morgan fingerprint density at radius 2 is 1.78 bits per heavy atom. The number of halogens is 3. The SMILES string of the molecule is O=C(CCCOCCc1ccccc1)Nc1cccc(OCC(F)(F)F)c1. The third-order valence-electron chi connectivity index (χ3n) is 3.59. The van der Waals surface area contributed by atoms with Crippen molar-refractivity contribution in [2.45, 2.75) is 25.4 Å². The molecule has 7 heteroatoms. The molecule has 0 aliphatic carbocycles. The van der Waals surface area contributed by atoms with Crippen LogP contribution in [0.15, 0.2) is 54.6 Å². The third-order valence-corrected chi connectivity index (χ3v) is 3.59. The van der Waals surface area contributed by atoms with Gasteiger partial charge in [-0.3, -0.25) is 4.79 Å². The lowest BCUT2D eigenvalue weighted by Crippen LogP contribution is -2.19. The Balaban J connectivity index is 1.62. The molecule has 0 atom stereocenters. The number of benzene rings is 2. The molecule has 2 aromatic rings. The van der Waals surface area contributed by atoms with Crippen LogP contribution < -0.4 is 10.1 Å². The van der Waals surface area contributed by atoms with Gasteiger partial charge in [-0.25, -0.2) is 0 Å². The number of hydrogen-bond acceptors (Lipinski definition) is 3. The lowest BCUT2D eigenvalue weighted by atomic mass is 10.2. The van der Waals surface area contributed by atoms with Crippen molar-refractivity contribution in [3.63, 3.8) is 0 Å². The number of carbonyl (C=O) groups is 1. The van der Waals surface area contributed by atoms with Crippen molar-refractivity contribution < 1.29 is 27.4 Å². The van der Waals surface area contributed by atoms with Crippen LogP contribution in [0.2, 0.25) is 0 Å². The summed E-state index contributed by atoms with van der Waals surface area (Å²) in [5.41, 5.74) is 1.59. The van der Waals surface area contributed by atoms with Gasteiger partial charge >= 0.3 is 6.18 Å². The first-order chi connectivity index (χ1) is 12.9. The van der Waals surface area contributed by atoms with Crippen LogP contribution in [0.4, 0.5) is 18.9 Å². The maximum absolute atomic E-state index is 12.2. The number of carbonyl (C=O) groups excluding carboxylic acids is 1. The molecule has 0 heterocycles. The highest BCUT2D eigenvalue weighted by Gasteiger charge is 2.28. The first kappa shape index (κ1) is 20.8. The van der Waals surface area contributed by atoms with Crippen molar-refractivity contribution in [1.29, 1.82) is 0 Å². The first-order valence-corrected chi connectivity index (χ1v) is 8.63. The zero-order chi connectivity index (χ0) is 19.5. The van der Waals surface area contributed by atoms with Crippen molar-refractivity contribution >= 4 is 11.6 Å². The summed E-state index contributed by atoms with van der Waals surface area (Å²) in [7, 11) is 0. The van der Waals surface area contributed by atoms with E-state index in [2.05, 4.69) is 10.1 Å². The van der Waals surface area contributed by atoms with Gasteiger partial charge < -0.3 is 14.8 Å². The molecule has 27 heavy (non-hydrogen) atoms. The van der Waals surface area contributed by atoms with Crippen LogP contribution in [0.5, 0.6) is 5.75 Å². The highest BCUT2D eigenvalue weighted by atomic mass is 19.4. The highest BCUT2D eigenvalue weighted by molar-refractivity contribution is 5.90. The van der Waals surface area contributed by atoms with E-state index in [1.807, 2.05) is 30.3 Å². The average molecular weight is 381 g/mol. The number of hydrogen-bond donors (Lipinski definition) is 1. The topological polar surface area (TPSA) is 47.6 Å². The van der Waals surface area contributed by atoms with E-state index in [9.17, 15) is 18.0 Å². The van der Waals surface area contributed by atoms with Crippen LogP contribution in [0.1, 0.15) is 18.4 Å². The fourth-order valence-electron chi connectivity index (χ4n) is 2.32. The molecule has 2 rings (SSSR count). The Morgan fingerprint density at radius 3 is 2.52 bits per heavy atom. The van der Waals surface area contributed by atoms with Gasteiger partial charge in [-0.05, 0) is 30.5 Å². The van der Waals surface area contributed by atoms with Crippen molar-refractivity contribution in [3.8, 4) is 5.75 Å². The minimum atomic E-state index is -4.40. The molecule has 0 unspecified atom stereocenters.